The number of carbonyl (C=O) groups is 2. The molecular weight excluding hydrogens is 393 g/mol. The summed E-state index contributed by atoms with van der Waals surface area (Å²) in [4.78, 5) is 25.7. The number of sulfonamides is 1. The average molecular weight is 410 g/mol. The highest BCUT2D eigenvalue weighted by Gasteiger charge is 2.30. The third-order valence-electron chi connectivity index (χ3n) is 3.82. The van der Waals surface area contributed by atoms with Gasteiger partial charge in [-0.2, -0.15) is 0 Å². The summed E-state index contributed by atoms with van der Waals surface area (Å²) in [7, 11) is -3.98. The van der Waals surface area contributed by atoms with Crippen molar-refractivity contribution in [3.8, 4) is 0 Å². The minimum atomic E-state index is -3.98. The number of nitrogens with one attached hydrogen (secondary N) is 1. The van der Waals surface area contributed by atoms with Crippen LogP contribution in [0.25, 0.3) is 0 Å². The van der Waals surface area contributed by atoms with Crippen LogP contribution in [0.15, 0.2) is 23.1 Å². The molecule has 1 atom stereocenters. The van der Waals surface area contributed by atoms with Gasteiger partial charge in [-0.1, -0.05) is 23.2 Å². The molecule has 0 unspecified atom stereocenters. The van der Waals surface area contributed by atoms with Crippen molar-refractivity contribution in [1.29, 1.82) is 0 Å². The Morgan fingerprint density at radius 3 is 2.56 bits per heavy atom. The molecule has 1 saturated heterocycles. The summed E-state index contributed by atoms with van der Waals surface area (Å²) in [6, 6.07) is 3.59. The molecule has 11 heteroatoms. The van der Waals surface area contributed by atoms with E-state index < -0.39 is 28.6 Å². The first-order valence-corrected chi connectivity index (χ1v) is 9.58. The fourth-order valence-corrected chi connectivity index (χ4v) is 4.28. The summed E-state index contributed by atoms with van der Waals surface area (Å²) >= 11 is 11.6. The van der Waals surface area contributed by atoms with E-state index in [9.17, 15) is 18.0 Å². The maximum Gasteiger partial charge on any atom is 0.407 e. The van der Waals surface area contributed by atoms with E-state index in [1.807, 2.05) is 0 Å². The van der Waals surface area contributed by atoms with Crippen LogP contribution >= 0.6 is 23.2 Å². The van der Waals surface area contributed by atoms with E-state index in [0.29, 0.717) is 5.02 Å². The summed E-state index contributed by atoms with van der Waals surface area (Å²) in [5.74, 6) is -0.439. The lowest BCUT2D eigenvalue weighted by Crippen LogP contribution is -2.56. The van der Waals surface area contributed by atoms with Crippen LogP contribution in [-0.4, -0.2) is 67.5 Å². The summed E-state index contributed by atoms with van der Waals surface area (Å²) < 4.78 is 26.8. The molecule has 1 aliphatic heterocycles. The van der Waals surface area contributed by atoms with Gasteiger partial charge in [0.25, 0.3) is 0 Å². The quantitative estimate of drug-likeness (QED) is 0.782. The van der Waals surface area contributed by atoms with Crippen molar-refractivity contribution in [3.63, 3.8) is 0 Å². The van der Waals surface area contributed by atoms with Gasteiger partial charge in [-0.15, -0.1) is 0 Å². The topological polar surface area (TPSA) is 107 Å². The Kier molecular flexibility index (Phi) is 6.15. The molecule has 1 aliphatic rings. The number of halogens is 2. The van der Waals surface area contributed by atoms with E-state index in [0.717, 1.165) is 0 Å². The first-order chi connectivity index (χ1) is 11.6. The minimum absolute atomic E-state index is 0.0455. The van der Waals surface area contributed by atoms with Crippen LogP contribution in [0, 0.1) is 0 Å². The zero-order valence-electron chi connectivity index (χ0n) is 13.3. The Balaban J connectivity index is 2.00. The zero-order valence-corrected chi connectivity index (χ0v) is 15.6. The van der Waals surface area contributed by atoms with Gasteiger partial charge in [-0.25, -0.2) is 17.9 Å². The van der Waals surface area contributed by atoms with E-state index >= 15 is 0 Å². The van der Waals surface area contributed by atoms with Crippen molar-refractivity contribution >= 4 is 45.2 Å². The molecular formula is C14H17Cl2N3O5S. The molecule has 25 heavy (non-hydrogen) atoms. The summed E-state index contributed by atoms with van der Waals surface area (Å²) in [5, 5.41) is 9.22. The van der Waals surface area contributed by atoms with Crippen LogP contribution in [0.1, 0.15) is 6.92 Å². The highest BCUT2D eigenvalue weighted by atomic mass is 35.5. The molecule has 0 radical (unpaired) electrons. The lowest BCUT2D eigenvalue weighted by molar-refractivity contribution is -0.134. The zero-order chi connectivity index (χ0) is 18.8. The fraction of sp³-hybridized carbons (Fsp3) is 0.429. The van der Waals surface area contributed by atoms with Crippen molar-refractivity contribution in [3.05, 3.63) is 28.2 Å². The minimum Gasteiger partial charge on any atom is -0.465 e. The summed E-state index contributed by atoms with van der Waals surface area (Å²) in [6.45, 7) is 1.82. The molecule has 2 amide bonds. The molecule has 8 nitrogen and oxygen atoms in total. The molecule has 1 aromatic rings. The van der Waals surface area contributed by atoms with Crippen LogP contribution in [0.4, 0.5) is 4.79 Å². The van der Waals surface area contributed by atoms with Crippen molar-refractivity contribution in [2.24, 2.45) is 0 Å². The van der Waals surface area contributed by atoms with Crippen LogP contribution in [0.3, 0.4) is 0 Å². The Morgan fingerprint density at radius 2 is 2.00 bits per heavy atom. The molecule has 0 aliphatic carbocycles. The highest BCUT2D eigenvalue weighted by Crippen LogP contribution is 2.24. The van der Waals surface area contributed by atoms with Crippen LogP contribution in [0.2, 0.25) is 10.0 Å². The Bertz CT molecular complexity index is 787. The van der Waals surface area contributed by atoms with Crippen LogP contribution < -0.4 is 4.72 Å². The van der Waals surface area contributed by atoms with Gasteiger partial charge in [0, 0.05) is 30.7 Å². The second-order valence-electron chi connectivity index (χ2n) is 5.56. The van der Waals surface area contributed by atoms with Crippen LogP contribution in [-0.2, 0) is 14.8 Å². The van der Waals surface area contributed by atoms with Crippen molar-refractivity contribution in [2.75, 3.05) is 26.2 Å². The highest BCUT2D eigenvalue weighted by molar-refractivity contribution is 7.89. The predicted molar refractivity (Wildman–Crippen MR) is 92.4 cm³/mol. The number of rotatable bonds is 4. The molecule has 1 aromatic carbocycles. The Labute approximate surface area is 155 Å². The van der Waals surface area contributed by atoms with Gasteiger partial charge in [0.15, 0.2) is 0 Å². The first kappa shape index (κ1) is 19.8. The fourth-order valence-electron chi connectivity index (χ4n) is 2.53. The summed E-state index contributed by atoms with van der Waals surface area (Å²) in [6.07, 6.45) is -1.04. The molecule has 0 aromatic heterocycles. The monoisotopic (exact) mass is 409 g/mol. The third kappa shape index (κ3) is 4.75. The maximum absolute atomic E-state index is 12.3. The van der Waals surface area contributed by atoms with Gasteiger partial charge in [0.1, 0.15) is 4.90 Å². The van der Waals surface area contributed by atoms with Crippen molar-refractivity contribution in [2.45, 2.75) is 17.9 Å². The SMILES string of the molecule is C[C@H]1CN(C(=O)O)CCN1C(=O)CNS(=O)(=O)c1ccc(Cl)cc1Cl. The van der Waals surface area contributed by atoms with Gasteiger partial charge in [-0.3, -0.25) is 4.79 Å². The predicted octanol–water partition coefficient (Wildman–Crippen LogP) is 1.48. The smallest absolute Gasteiger partial charge is 0.407 e. The lowest BCUT2D eigenvalue weighted by Gasteiger charge is -2.38. The standard InChI is InChI=1S/C14H17Cl2N3O5S/c1-9-8-18(14(21)22)4-5-19(9)13(20)7-17-25(23,24)12-3-2-10(15)6-11(12)16/h2-3,6,9,17H,4-5,7-8H2,1H3,(H,21,22)/t9-/m0/s1. The van der Waals surface area contributed by atoms with Crippen LogP contribution in [0.5, 0.6) is 0 Å². The molecule has 0 saturated carbocycles. The number of carboxylic acid groups (broad SMARTS) is 1. The van der Waals surface area contributed by atoms with E-state index in [4.69, 9.17) is 28.3 Å². The number of benzene rings is 1. The average Bonchev–Trinajstić information content (AvgIpc) is 2.52. The maximum atomic E-state index is 12.3. The number of piperazine rings is 1. The molecule has 1 heterocycles. The third-order valence-corrected chi connectivity index (χ3v) is 5.93. The number of hydrogen-bond donors (Lipinski definition) is 2. The van der Waals surface area contributed by atoms with Gasteiger partial charge in [0.2, 0.25) is 15.9 Å². The number of nitrogens with zero attached hydrogens (tertiary/aromatic N) is 2. The van der Waals surface area contributed by atoms with Crippen molar-refractivity contribution < 1.29 is 23.1 Å². The number of carbonyl (C=O) groups excluding carboxylic acids is 1. The molecule has 2 N–H and O–H groups in total. The Morgan fingerprint density at radius 1 is 1.32 bits per heavy atom. The Hall–Kier alpha value is -1.55. The molecule has 2 rings (SSSR count). The lowest BCUT2D eigenvalue weighted by atomic mass is 10.2. The molecule has 0 bridgehead atoms. The van der Waals surface area contributed by atoms with Gasteiger partial charge in [-0.05, 0) is 25.1 Å². The van der Waals surface area contributed by atoms with E-state index in [-0.39, 0.29) is 35.6 Å². The number of amides is 2. The van der Waals surface area contributed by atoms with Gasteiger partial charge in [0.05, 0.1) is 11.6 Å². The second kappa shape index (κ2) is 7.77. The van der Waals surface area contributed by atoms with Gasteiger partial charge >= 0.3 is 6.09 Å². The summed E-state index contributed by atoms with van der Waals surface area (Å²) in [5.41, 5.74) is 0. The second-order valence-corrected chi connectivity index (χ2v) is 8.14. The molecule has 138 valence electrons. The largest absolute Gasteiger partial charge is 0.465 e. The van der Waals surface area contributed by atoms with E-state index in [2.05, 4.69) is 4.72 Å². The molecule has 0 spiro atoms. The number of hydrogen-bond acceptors (Lipinski definition) is 4. The normalized spacial score (nSPS) is 18.3. The van der Waals surface area contributed by atoms with Gasteiger partial charge < -0.3 is 14.9 Å². The first-order valence-electron chi connectivity index (χ1n) is 7.34. The molecule has 1 fully saturated rings. The van der Waals surface area contributed by atoms with E-state index in [1.165, 1.54) is 28.0 Å². The van der Waals surface area contributed by atoms with Crippen molar-refractivity contribution in [1.82, 2.24) is 14.5 Å². The van der Waals surface area contributed by atoms with E-state index in [1.54, 1.807) is 6.92 Å².